The standard InChI is InChI=1S/C30H42FN3O6S/c1-20-18-34(19-38-13-14-41(6,7)8)27-26(20)25(11-12-32-27)39-24-10-9-21(16-23(24)31)15-22(28(35)37-5)17-33-29(36)40-30(2,3)4/h9-12,16,18,22H,13-15,17,19H2,1-8H3,(H,33,36). The van der Waals surface area contributed by atoms with Gasteiger partial charge in [0.2, 0.25) is 0 Å². The molecule has 1 amide bonds. The van der Waals surface area contributed by atoms with E-state index in [9.17, 15) is 9.59 Å². The second-order valence-corrected chi connectivity index (χ2v) is 16.4. The van der Waals surface area contributed by atoms with E-state index in [0.717, 1.165) is 16.7 Å². The van der Waals surface area contributed by atoms with Crippen LogP contribution in [0.3, 0.4) is 0 Å². The van der Waals surface area contributed by atoms with Crippen molar-refractivity contribution in [2.45, 2.75) is 46.4 Å². The SMILES string of the molecule is COC(=O)C(CNC(=O)OC(C)(C)C)Cc1ccc(Oc2ccnc3c2c(C)cn3COCCS(C)(C)C)c(F)c1. The highest BCUT2D eigenvalue weighted by atomic mass is 32.3. The number of nitrogens with zero attached hydrogens (tertiary/aromatic N) is 2. The van der Waals surface area contributed by atoms with Crippen LogP contribution in [0.4, 0.5) is 9.18 Å². The molecule has 1 unspecified atom stereocenters. The summed E-state index contributed by atoms with van der Waals surface area (Å²) in [6.45, 7) is 8.19. The lowest BCUT2D eigenvalue weighted by Crippen LogP contribution is -2.38. The predicted molar refractivity (Wildman–Crippen MR) is 161 cm³/mol. The van der Waals surface area contributed by atoms with Crippen LogP contribution < -0.4 is 10.1 Å². The summed E-state index contributed by atoms with van der Waals surface area (Å²) in [7, 11) is 0.628. The molecule has 0 radical (unpaired) electrons. The highest BCUT2D eigenvalue weighted by molar-refractivity contribution is 8.32. The first-order valence-corrected chi connectivity index (χ1v) is 16.4. The number of ether oxygens (including phenoxy) is 4. The molecule has 226 valence electrons. The first-order chi connectivity index (χ1) is 19.2. The molecule has 0 aliphatic rings. The monoisotopic (exact) mass is 591 g/mol. The molecule has 0 fully saturated rings. The molecule has 11 heteroatoms. The average Bonchev–Trinajstić information content (AvgIpc) is 3.20. The first-order valence-electron chi connectivity index (χ1n) is 13.4. The summed E-state index contributed by atoms with van der Waals surface area (Å²) < 4.78 is 39.2. The molecule has 1 atom stereocenters. The molecule has 0 bridgehead atoms. The maximum atomic E-state index is 15.2. The number of nitrogens with one attached hydrogen (secondary N) is 1. The van der Waals surface area contributed by atoms with Gasteiger partial charge < -0.3 is 28.8 Å². The first kappa shape index (κ1) is 32.2. The molecule has 0 saturated heterocycles. The van der Waals surface area contributed by atoms with Crippen molar-refractivity contribution in [1.29, 1.82) is 0 Å². The summed E-state index contributed by atoms with van der Waals surface area (Å²) in [6.07, 6.45) is 9.84. The zero-order valence-electron chi connectivity index (χ0n) is 25.2. The van der Waals surface area contributed by atoms with Crippen molar-refractivity contribution in [3.05, 3.63) is 53.6 Å². The molecule has 1 aromatic carbocycles. The van der Waals surface area contributed by atoms with Gasteiger partial charge in [0.15, 0.2) is 11.6 Å². The number of aryl methyl sites for hydroxylation is 1. The van der Waals surface area contributed by atoms with Gasteiger partial charge in [0.25, 0.3) is 0 Å². The number of hydrogen-bond donors (Lipinski definition) is 1. The molecule has 9 nitrogen and oxygen atoms in total. The summed E-state index contributed by atoms with van der Waals surface area (Å²) in [5.41, 5.74) is 1.50. The molecular formula is C30H42FN3O6S. The molecule has 0 aliphatic heterocycles. The van der Waals surface area contributed by atoms with Crippen LogP contribution >= 0.6 is 10.0 Å². The van der Waals surface area contributed by atoms with E-state index in [0.29, 0.717) is 30.3 Å². The number of esters is 1. The Bertz CT molecular complexity index is 1360. The maximum Gasteiger partial charge on any atom is 0.407 e. The molecule has 1 N–H and O–H groups in total. The van der Waals surface area contributed by atoms with E-state index in [1.165, 1.54) is 19.2 Å². The predicted octanol–water partition coefficient (Wildman–Crippen LogP) is 5.80. The minimum atomic E-state index is -0.729. The Kier molecular flexibility index (Phi) is 10.7. The number of carbonyl (C=O) groups excluding carboxylic acids is 2. The molecule has 2 heterocycles. The highest BCUT2D eigenvalue weighted by Crippen LogP contribution is 2.35. The van der Waals surface area contributed by atoms with Gasteiger partial charge in [-0.3, -0.25) is 4.79 Å². The van der Waals surface area contributed by atoms with E-state index in [1.54, 1.807) is 39.1 Å². The fourth-order valence-corrected chi connectivity index (χ4v) is 4.74. The van der Waals surface area contributed by atoms with E-state index >= 15 is 4.39 Å². The van der Waals surface area contributed by atoms with E-state index in [4.69, 9.17) is 18.9 Å². The topological polar surface area (TPSA) is 101 Å². The summed E-state index contributed by atoms with van der Waals surface area (Å²) in [4.78, 5) is 28.9. The van der Waals surface area contributed by atoms with Gasteiger partial charge in [-0.15, -0.1) is 0 Å². The summed E-state index contributed by atoms with van der Waals surface area (Å²) in [6, 6.07) is 6.23. The number of pyridine rings is 1. The van der Waals surface area contributed by atoms with Crippen LogP contribution in [0.25, 0.3) is 11.0 Å². The van der Waals surface area contributed by atoms with Gasteiger partial charge in [0, 0.05) is 24.7 Å². The van der Waals surface area contributed by atoms with E-state index in [1.807, 2.05) is 17.7 Å². The quantitative estimate of drug-likeness (QED) is 0.210. The Balaban J connectivity index is 1.72. The normalized spacial score (nSPS) is 13.1. The second kappa shape index (κ2) is 13.6. The number of carbonyl (C=O) groups is 2. The Hall–Kier alpha value is -3.31. The Morgan fingerprint density at radius 1 is 1.15 bits per heavy atom. The fraction of sp³-hybridized carbons (Fsp3) is 0.500. The van der Waals surface area contributed by atoms with Crippen LogP contribution in [0, 0.1) is 18.7 Å². The molecule has 0 spiro atoms. The third-order valence-electron chi connectivity index (χ3n) is 6.10. The van der Waals surface area contributed by atoms with E-state index < -0.39 is 39.4 Å². The lowest BCUT2D eigenvalue weighted by molar-refractivity contribution is -0.145. The number of amides is 1. The van der Waals surface area contributed by atoms with Crippen molar-refractivity contribution in [1.82, 2.24) is 14.9 Å². The number of rotatable bonds is 12. The van der Waals surface area contributed by atoms with Gasteiger partial charge in [0.1, 0.15) is 23.7 Å². The van der Waals surface area contributed by atoms with Crippen LogP contribution in [-0.4, -0.2) is 72.0 Å². The number of aromatic nitrogens is 2. The van der Waals surface area contributed by atoms with E-state index in [2.05, 4.69) is 29.1 Å². The van der Waals surface area contributed by atoms with Crippen LogP contribution in [0.15, 0.2) is 36.7 Å². The molecule has 3 aromatic rings. The van der Waals surface area contributed by atoms with Gasteiger partial charge >= 0.3 is 12.1 Å². The second-order valence-electron chi connectivity index (χ2n) is 11.8. The van der Waals surface area contributed by atoms with Crippen molar-refractivity contribution in [2.75, 3.05) is 44.8 Å². The van der Waals surface area contributed by atoms with Gasteiger partial charge in [-0.25, -0.2) is 24.2 Å². The lowest BCUT2D eigenvalue weighted by Gasteiger charge is -2.24. The van der Waals surface area contributed by atoms with Crippen molar-refractivity contribution in [2.24, 2.45) is 5.92 Å². The number of benzene rings is 1. The molecule has 0 saturated carbocycles. The van der Waals surface area contributed by atoms with Crippen LogP contribution in [-0.2, 0) is 32.2 Å². The largest absolute Gasteiger partial charge is 0.469 e. The van der Waals surface area contributed by atoms with Crippen molar-refractivity contribution in [3.63, 3.8) is 0 Å². The number of alkyl carbamates (subject to hydrolysis) is 1. The number of methoxy groups -OCH3 is 1. The molecule has 3 rings (SSSR count). The van der Waals surface area contributed by atoms with Crippen LogP contribution in [0.1, 0.15) is 31.9 Å². The number of halogens is 1. The highest BCUT2D eigenvalue weighted by Gasteiger charge is 2.24. The molecular weight excluding hydrogens is 549 g/mol. The van der Waals surface area contributed by atoms with Crippen molar-refractivity contribution >= 4 is 33.1 Å². The summed E-state index contributed by atoms with van der Waals surface area (Å²) in [5.74, 6) is -0.299. The molecule has 2 aromatic heterocycles. The Labute approximate surface area is 243 Å². The Morgan fingerprint density at radius 3 is 2.51 bits per heavy atom. The number of hydrogen-bond acceptors (Lipinski definition) is 7. The van der Waals surface area contributed by atoms with Crippen LogP contribution in [0.2, 0.25) is 0 Å². The summed E-state index contributed by atoms with van der Waals surface area (Å²) in [5, 5.41) is 3.36. The van der Waals surface area contributed by atoms with Crippen molar-refractivity contribution in [3.8, 4) is 11.5 Å². The van der Waals surface area contributed by atoms with E-state index in [-0.39, 0.29) is 18.7 Å². The third-order valence-corrected chi connectivity index (χ3v) is 7.49. The zero-order valence-corrected chi connectivity index (χ0v) is 26.0. The van der Waals surface area contributed by atoms with Gasteiger partial charge in [-0.05, 0) is 82.2 Å². The molecule has 0 aliphatic carbocycles. The summed E-state index contributed by atoms with van der Waals surface area (Å²) >= 11 is 0. The zero-order chi connectivity index (χ0) is 30.4. The average molecular weight is 592 g/mol. The van der Waals surface area contributed by atoms with Crippen LogP contribution in [0.5, 0.6) is 11.5 Å². The maximum absolute atomic E-state index is 15.2. The number of fused-ring (bicyclic) bond motifs is 1. The van der Waals surface area contributed by atoms with Gasteiger partial charge in [-0.1, -0.05) is 6.07 Å². The fourth-order valence-electron chi connectivity index (χ4n) is 4.12. The minimum Gasteiger partial charge on any atom is -0.469 e. The minimum absolute atomic E-state index is 0.0200. The van der Waals surface area contributed by atoms with Gasteiger partial charge in [-0.2, -0.15) is 0 Å². The lowest BCUT2D eigenvalue weighted by atomic mass is 9.99. The van der Waals surface area contributed by atoms with Crippen molar-refractivity contribution < 1.29 is 32.9 Å². The van der Waals surface area contributed by atoms with Gasteiger partial charge in [0.05, 0.1) is 25.0 Å². The third kappa shape index (κ3) is 9.64. The Morgan fingerprint density at radius 2 is 1.88 bits per heavy atom. The smallest absolute Gasteiger partial charge is 0.407 e. The molecule has 41 heavy (non-hydrogen) atoms.